The second-order valence-electron chi connectivity index (χ2n) is 4.75. The van der Waals surface area contributed by atoms with E-state index in [9.17, 15) is 0 Å². The van der Waals surface area contributed by atoms with Crippen molar-refractivity contribution in [2.45, 2.75) is 32.7 Å². The Morgan fingerprint density at radius 1 is 1.73 bits per heavy atom. The molecule has 1 fully saturated rings. The predicted molar refractivity (Wildman–Crippen MR) is 60.0 cm³/mol. The van der Waals surface area contributed by atoms with Crippen LogP contribution in [0.25, 0.3) is 0 Å². The summed E-state index contributed by atoms with van der Waals surface area (Å²) in [6, 6.07) is 2.53. The van der Waals surface area contributed by atoms with E-state index in [1.165, 1.54) is 12.1 Å². The number of hydrogen-bond acceptors (Lipinski definition) is 3. The summed E-state index contributed by atoms with van der Waals surface area (Å²) in [7, 11) is 1.99. The average molecular weight is 208 g/mol. The molecule has 0 amide bonds. The lowest BCUT2D eigenvalue weighted by Crippen LogP contribution is -2.39. The fourth-order valence-corrected chi connectivity index (χ4v) is 2.33. The molecule has 15 heavy (non-hydrogen) atoms. The first-order valence-corrected chi connectivity index (χ1v) is 5.57. The second kappa shape index (κ2) is 3.94. The summed E-state index contributed by atoms with van der Waals surface area (Å²) < 4.78 is 1.95. The number of aryl methyl sites for hydroxylation is 2. The lowest BCUT2D eigenvalue weighted by atomic mass is 10.1. The van der Waals surface area contributed by atoms with Gasteiger partial charge in [-0.3, -0.25) is 16.0 Å². The maximum atomic E-state index is 5.60. The first-order valence-electron chi connectivity index (χ1n) is 5.57. The second-order valence-corrected chi connectivity index (χ2v) is 4.75. The van der Waals surface area contributed by atoms with Crippen LogP contribution in [0.5, 0.6) is 0 Å². The highest BCUT2D eigenvalue weighted by molar-refractivity contribution is 5.11. The molecule has 3 N–H and O–H groups in total. The van der Waals surface area contributed by atoms with Gasteiger partial charge in [-0.1, -0.05) is 6.92 Å². The van der Waals surface area contributed by atoms with Gasteiger partial charge in [0.2, 0.25) is 0 Å². The maximum Gasteiger partial charge on any atom is 0.0596 e. The Bertz CT molecular complexity index is 344. The van der Waals surface area contributed by atoms with Gasteiger partial charge in [-0.25, -0.2) is 0 Å². The normalized spacial score (nSPS) is 26.7. The van der Waals surface area contributed by atoms with Crippen LogP contribution in [-0.2, 0) is 13.5 Å². The van der Waals surface area contributed by atoms with E-state index >= 15 is 0 Å². The van der Waals surface area contributed by atoms with E-state index in [2.05, 4.69) is 23.5 Å². The van der Waals surface area contributed by atoms with E-state index in [1.807, 2.05) is 18.7 Å². The third-order valence-corrected chi connectivity index (χ3v) is 3.43. The third kappa shape index (κ3) is 2.21. The highest BCUT2D eigenvalue weighted by Gasteiger charge is 2.39. The van der Waals surface area contributed by atoms with Gasteiger partial charge in [0.25, 0.3) is 0 Å². The van der Waals surface area contributed by atoms with Gasteiger partial charge in [0.05, 0.1) is 5.69 Å². The Kier molecular flexibility index (Phi) is 2.80. The molecule has 0 aromatic carbocycles. The molecule has 4 nitrogen and oxygen atoms in total. The molecule has 3 atom stereocenters. The van der Waals surface area contributed by atoms with Crippen LogP contribution in [0.3, 0.4) is 0 Å². The summed E-state index contributed by atoms with van der Waals surface area (Å²) in [5.41, 5.74) is 5.27. The SMILES string of the molecule is Cc1cc(CC(NN)C2CC2C)n(C)n1. The zero-order valence-electron chi connectivity index (χ0n) is 9.70. The molecule has 3 unspecified atom stereocenters. The van der Waals surface area contributed by atoms with Gasteiger partial charge >= 0.3 is 0 Å². The van der Waals surface area contributed by atoms with E-state index in [0.717, 1.165) is 24.0 Å². The molecule has 1 aromatic rings. The van der Waals surface area contributed by atoms with E-state index < -0.39 is 0 Å². The molecule has 2 rings (SSSR count). The van der Waals surface area contributed by atoms with Crippen molar-refractivity contribution in [1.29, 1.82) is 0 Å². The van der Waals surface area contributed by atoms with Crippen LogP contribution in [0.4, 0.5) is 0 Å². The number of hydrazine groups is 1. The molecule has 0 spiro atoms. The standard InChI is InChI=1S/C11H20N4/c1-7-4-10(7)11(13-12)6-9-5-8(2)14-15(9)3/h5,7,10-11,13H,4,6,12H2,1-3H3. The lowest BCUT2D eigenvalue weighted by molar-refractivity contribution is 0.443. The van der Waals surface area contributed by atoms with Gasteiger partial charge in [-0.05, 0) is 31.2 Å². The minimum Gasteiger partial charge on any atom is -0.272 e. The number of nitrogens with one attached hydrogen (secondary N) is 1. The Morgan fingerprint density at radius 2 is 2.40 bits per heavy atom. The fraction of sp³-hybridized carbons (Fsp3) is 0.727. The van der Waals surface area contributed by atoms with E-state index in [0.29, 0.717) is 6.04 Å². The molecule has 0 saturated heterocycles. The fourth-order valence-electron chi connectivity index (χ4n) is 2.33. The molecule has 0 aliphatic heterocycles. The minimum atomic E-state index is 0.398. The average Bonchev–Trinajstić information content (AvgIpc) is 2.80. The van der Waals surface area contributed by atoms with Crippen molar-refractivity contribution in [3.05, 3.63) is 17.5 Å². The van der Waals surface area contributed by atoms with E-state index in [-0.39, 0.29) is 0 Å². The van der Waals surface area contributed by atoms with Gasteiger partial charge < -0.3 is 0 Å². The number of nitrogens with zero attached hydrogens (tertiary/aromatic N) is 2. The molecule has 0 radical (unpaired) electrons. The third-order valence-electron chi connectivity index (χ3n) is 3.43. The largest absolute Gasteiger partial charge is 0.272 e. The number of nitrogens with two attached hydrogens (primary N) is 1. The zero-order valence-corrected chi connectivity index (χ0v) is 9.70. The van der Waals surface area contributed by atoms with Gasteiger partial charge in [-0.15, -0.1) is 0 Å². The quantitative estimate of drug-likeness (QED) is 0.567. The molecule has 1 aliphatic rings. The van der Waals surface area contributed by atoms with Crippen molar-refractivity contribution in [2.24, 2.45) is 24.7 Å². The van der Waals surface area contributed by atoms with Crippen LogP contribution in [0.1, 0.15) is 24.7 Å². The van der Waals surface area contributed by atoms with Crippen molar-refractivity contribution in [3.8, 4) is 0 Å². The first kappa shape index (κ1) is 10.6. The summed E-state index contributed by atoms with van der Waals surface area (Å²) in [5.74, 6) is 7.16. The molecule has 4 heteroatoms. The Labute approximate surface area is 90.8 Å². The van der Waals surface area contributed by atoms with Gasteiger partial charge in [0.1, 0.15) is 0 Å². The monoisotopic (exact) mass is 208 g/mol. The van der Waals surface area contributed by atoms with E-state index in [1.54, 1.807) is 0 Å². The molecule has 84 valence electrons. The van der Waals surface area contributed by atoms with Crippen molar-refractivity contribution >= 4 is 0 Å². The number of hydrogen-bond donors (Lipinski definition) is 2. The molecule has 1 aliphatic carbocycles. The van der Waals surface area contributed by atoms with Crippen molar-refractivity contribution < 1.29 is 0 Å². The summed E-state index contributed by atoms with van der Waals surface area (Å²) in [6.45, 7) is 4.30. The van der Waals surface area contributed by atoms with Crippen LogP contribution in [-0.4, -0.2) is 15.8 Å². The summed E-state index contributed by atoms with van der Waals surface area (Å²) >= 11 is 0. The maximum absolute atomic E-state index is 5.60. The predicted octanol–water partition coefficient (Wildman–Crippen LogP) is 0.759. The van der Waals surface area contributed by atoms with Gasteiger partial charge in [0, 0.05) is 25.2 Å². The van der Waals surface area contributed by atoms with Crippen molar-refractivity contribution in [2.75, 3.05) is 0 Å². The van der Waals surface area contributed by atoms with Crippen LogP contribution < -0.4 is 11.3 Å². The summed E-state index contributed by atoms with van der Waals surface area (Å²) in [4.78, 5) is 0. The Hall–Kier alpha value is -0.870. The smallest absolute Gasteiger partial charge is 0.0596 e. The highest BCUT2D eigenvalue weighted by Crippen LogP contribution is 2.41. The Balaban J connectivity index is 2.03. The molecular weight excluding hydrogens is 188 g/mol. The minimum absolute atomic E-state index is 0.398. The van der Waals surface area contributed by atoms with Gasteiger partial charge in [0.15, 0.2) is 0 Å². The molecule has 1 aromatic heterocycles. The number of rotatable bonds is 4. The van der Waals surface area contributed by atoms with Crippen LogP contribution in [0.15, 0.2) is 6.07 Å². The van der Waals surface area contributed by atoms with Crippen LogP contribution in [0, 0.1) is 18.8 Å². The first-order chi connectivity index (χ1) is 7.11. The molecule has 1 saturated carbocycles. The molecule has 0 bridgehead atoms. The zero-order chi connectivity index (χ0) is 11.0. The topological polar surface area (TPSA) is 55.9 Å². The number of aromatic nitrogens is 2. The molecule has 1 heterocycles. The molecular formula is C11H20N4. The highest BCUT2D eigenvalue weighted by atomic mass is 15.3. The Morgan fingerprint density at radius 3 is 2.80 bits per heavy atom. The van der Waals surface area contributed by atoms with E-state index in [4.69, 9.17) is 5.84 Å². The summed E-state index contributed by atoms with van der Waals surface area (Å²) in [6.07, 6.45) is 2.27. The van der Waals surface area contributed by atoms with Gasteiger partial charge in [-0.2, -0.15) is 5.10 Å². The van der Waals surface area contributed by atoms with Crippen molar-refractivity contribution in [1.82, 2.24) is 15.2 Å². The van der Waals surface area contributed by atoms with Crippen molar-refractivity contribution in [3.63, 3.8) is 0 Å². The van der Waals surface area contributed by atoms with Crippen LogP contribution >= 0.6 is 0 Å². The van der Waals surface area contributed by atoms with Crippen LogP contribution in [0.2, 0.25) is 0 Å². The summed E-state index contributed by atoms with van der Waals surface area (Å²) in [5, 5.41) is 4.35. The lowest BCUT2D eigenvalue weighted by Gasteiger charge is -2.15.